The number of piperidine rings is 1. The van der Waals surface area contributed by atoms with Crippen LogP contribution < -0.4 is 0 Å². The zero-order valence-electron chi connectivity index (χ0n) is 10.3. The number of aliphatic carboxylic acids is 1. The van der Waals surface area contributed by atoms with Crippen molar-refractivity contribution in [3.8, 4) is 0 Å². The van der Waals surface area contributed by atoms with Crippen LogP contribution in [-0.2, 0) is 14.8 Å². The Morgan fingerprint density at radius 2 is 2.11 bits per heavy atom. The van der Waals surface area contributed by atoms with Crippen molar-refractivity contribution in [1.29, 1.82) is 0 Å². The molecule has 7 heteroatoms. The van der Waals surface area contributed by atoms with Gasteiger partial charge in [-0.05, 0) is 36.1 Å². The summed E-state index contributed by atoms with van der Waals surface area (Å²) in [6.45, 7) is 0.869. The van der Waals surface area contributed by atoms with Gasteiger partial charge < -0.3 is 5.11 Å². The molecule has 1 saturated carbocycles. The molecule has 5 nitrogen and oxygen atoms in total. The van der Waals surface area contributed by atoms with E-state index < -0.39 is 16.0 Å². The molecule has 104 valence electrons. The van der Waals surface area contributed by atoms with Crippen LogP contribution in [0.15, 0.2) is 21.7 Å². The predicted molar refractivity (Wildman–Crippen MR) is 70.5 cm³/mol. The highest BCUT2D eigenvalue weighted by Gasteiger charge is 2.59. The molecule has 1 aliphatic carbocycles. The molecule has 0 radical (unpaired) electrons. The maximum atomic E-state index is 12.3. The lowest BCUT2D eigenvalue weighted by atomic mass is 9.92. The van der Waals surface area contributed by atoms with Crippen LogP contribution in [-0.4, -0.2) is 36.9 Å². The van der Waals surface area contributed by atoms with Crippen molar-refractivity contribution < 1.29 is 18.3 Å². The first-order valence-electron chi connectivity index (χ1n) is 6.22. The van der Waals surface area contributed by atoms with Crippen molar-refractivity contribution in [2.24, 2.45) is 11.3 Å². The number of hydrogen-bond donors (Lipinski definition) is 1. The van der Waals surface area contributed by atoms with Crippen LogP contribution >= 0.6 is 11.3 Å². The molecular weight excluding hydrogens is 286 g/mol. The average Bonchev–Trinajstić information content (AvgIpc) is 2.84. The maximum absolute atomic E-state index is 12.3. The molecular formula is C12H15NO4S2. The first-order valence-corrected chi connectivity index (χ1v) is 8.54. The van der Waals surface area contributed by atoms with Crippen LogP contribution in [0, 0.1) is 11.3 Å². The minimum atomic E-state index is -3.37. The van der Waals surface area contributed by atoms with Crippen LogP contribution in [0.25, 0.3) is 0 Å². The molecule has 3 rings (SSSR count). The Labute approximate surface area is 115 Å². The summed E-state index contributed by atoms with van der Waals surface area (Å²) in [4.78, 5) is 11.0. The van der Waals surface area contributed by atoms with Crippen molar-refractivity contribution in [2.75, 3.05) is 13.1 Å². The molecule has 1 saturated heterocycles. The molecule has 1 unspecified atom stereocenters. The van der Waals surface area contributed by atoms with E-state index >= 15 is 0 Å². The van der Waals surface area contributed by atoms with Crippen LogP contribution in [0.3, 0.4) is 0 Å². The molecule has 19 heavy (non-hydrogen) atoms. The number of thiophene rings is 1. The minimum absolute atomic E-state index is 0.132. The molecule has 0 amide bonds. The Balaban J connectivity index is 1.70. The Kier molecular flexibility index (Phi) is 2.95. The second-order valence-corrected chi connectivity index (χ2v) is 8.41. The van der Waals surface area contributed by atoms with E-state index in [2.05, 4.69) is 0 Å². The van der Waals surface area contributed by atoms with E-state index in [-0.39, 0.29) is 11.3 Å². The lowest BCUT2D eigenvalue weighted by Gasteiger charge is -2.31. The smallest absolute Gasteiger partial charge is 0.307 e. The van der Waals surface area contributed by atoms with Crippen LogP contribution in [0.2, 0.25) is 0 Å². The molecule has 2 heterocycles. The van der Waals surface area contributed by atoms with Gasteiger partial charge in [-0.25, -0.2) is 8.42 Å². The Hall–Kier alpha value is -0.920. The number of sulfonamides is 1. The number of rotatable bonds is 3. The first kappa shape index (κ1) is 13.1. The van der Waals surface area contributed by atoms with Crippen molar-refractivity contribution >= 4 is 27.3 Å². The van der Waals surface area contributed by atoms with Crippen LogP contribution in [0.5, 0.6) is 0 Å². The fraction of sp³-hybridized carbons (Fsp3) is 0.583. The van der Waals surface area contributed by atoms with Crippen molar-refractivity contribution in [1.82, 2.24) is 4.31 Å². The summed E-state index contributed by atoms with van der Waals surface area (Å²) in [5, 5.41) is 10.8. The second-order valence-electron chi connectivity index (χ2n) is 5.29. The van der Waals surface area contributed by atoms with E-state index in [0.29, 0.717) is 36.6 Å². The third-order valence-corrected chi connectivity index (χ3v) is 7.57. The summed E-state index contributed by atoms with van der Waals surface area (Å²) in [5.74, 6) is -1.01. The topological polar surface area (TPSA) is 74.7 Å². The van der Waals surface area contributed by atoms with E-state index in [1.165, 1.54) is 15.6 Å². The van der Waals surface area contributed by atoms with Gasteiger partial charge in [-0.3, -0.25) is 4.79 Å². The zero-order valence-corrected chi connectivity index (χ0v) is 11.9. The molecule has 2 fully saturated rings. The zero-order chi connectivity index (χ0) is 13.7. The summed E-state index contributed by atoms with van der Waals surface area (Å²) in [5.41, 5.74) is -0.132. The van der Waals surface area contributed by atoms with Gasteiger partial charge in [-0.2, -0.15) is 4.31 Å². The fourth-order valence-electron chi connectivity index (χ4n) is 2.96. The summed E-state index contributed by atoms with van der Waals surface area (Å²) < 4.78 is 26.5. The summed E-state index contributed by atoms with van der Waals surface area (Å²) in [7, 11) is -3.37. The molecule has 0 bridgehead atoms. The van der Waals surface area contributed by atoms with Gasteiger partial charge >= 0.3 is 5.97 Å². The summed E-state index contributed by atoms with van der Waals surface area (Å²) in [6.07, 6.45) is 2.03. The molecule has 1 aliphatic heterocycles. The van der Waals surface area contributed by atoms with Gasteiger partial charge in [0.25, 0.3) is 10.0 Å². The fourth-order valence-corrected chi connectivity index (χ4v) is 5.54. The van der Waals surface area contributed by atoms with E-state index in [1.54, 1.807) is 17.5 Å². The molecule has 1 N–H and O–H groups in total. The van der Waals surface area contributed by atoms with E-state index in [1.807, 2.05) is 0 Å². The highest BCUT2D eigenvalue weighted by atomic mass is 32.2. The highest BCUT2D eigenvalue weighted by Crippen LogP contribution is 2.59. The molecule has 0 aromatic carbocycles. The van der Waals surface area contributed by atoms with Gasteiger partial charge in [0, 0.05) is 13.1 Å². The predicted octanol–water partition coefficient (Wildman–Crippen LogP) is 1.62. The van der Waals surface area contributed by atoms with Crippen LogP contribution in [0.4, 0.5) is 0 Å². The quantitative estimate of drug-likeness (QED) is 0.920. The Bertz CT molecular complexity index is 585. The second kappa shape index (κ2) is 4.29. The SMILES string of the molecule is O=C(O)C1CC12CCN(S(=O)(=O)c1cccs1)CC2. The Morgan fingerprint density at radius 3 is 2.58 bits per heavy atom. The molecule has 1 spiro atoms. The van der Waals surface area contributed by atoms with E-state index in [9.17, 15) is 13.2 Å². The molecule has 1 aromatic heterocycles. The van der Waals surface area contributed by atoms with Crippen molar-refractivity contribution in [2.45, 2.75) is 23.5 Å². The van der Waals surface area contributed by atoms with Gasteiger partial charge in [0.15, 0.2) is 0 Å². The van der Waals surface area contributed by atoms with Crippen molar-refractivity contribution in [3.63, 3.8) is 0 Å². The third-order valence-electron chi connectivity index (χ3n) is 4.30. The lowest BCUT2D eigenvalue weighted by molar-refractivity contribution is -0.139. The number of carboxylic acids is 1. The van der Waals surface area contributed by atoms with Gasteiger partial charge in [-0.1, -0.05) is 6.07 Å². The van der Waals surface area contributed by atoms with Gasteiger partial charge in [-0.15, -0.1) is 11.3 Å². The Morgan fingerprint density at radius 1 is 1.42 bits per heavy atom. The number of carboxylic acid groups (broad SMARTS) is 1. The standard InChI is InChI=1S/C12H15NO4S2/c14-11(15)9-8-12(9)3-5-13(6-4-12)19(16,17)10-2-1-7-18-10/h1-2,7,9H,3-6,8H2,(H,14,15). The third kappa shape index (κ3) is 2.09. The maximum Gasteiger partial charge on any atom is 0.307 e. The lowest BCUT2D eigenvalue weighted by Crippen LogP contribution is -2.39. The van der Waals surface area contributed by atoms with Crippen molar-refractivity contribution in [3.05, 3.63) is 17.5 Å². The first-order chi connectivity index (χ1) is 8.96. The number of hydrogen-bond acceptors (Lipinski definition) is 4. The molecule has 1 aromatic rings. The summed E-state index contributed by atoms with van der Waals surface area (Å²) >= 11 is 1.22. The van der Waals surface area contributed by atoms with Gasteiger partial charge in [0.1, 0.15) is 4.21 Å². The van der Waals surface area contributed by atoms with Gasteiger partial charge in [0.05, 0.1) is 5.92 Å². The molecule has 1 atom stereocenters. The van der Waals surface area contributed by atoms with Gasteiger partial charge in [0.2, 0.25) is 0 Å². The average molecular weight is 301 g/mol. The minimum Gasteiger partial charge on any atom is -0.481 e. The summed E-state index contributed by atoms with van der Waals surface area (Å²) in [6, 6.07) is 3.34. The number of nitrogens with zero attached hydrogens (tertiary/aromatic N) is 1. The largest absolute Gasteiger partial charge is 0.481 e. The van der Waals surface area contributed by atoms with E-state index in [0.717, 1.165) is 0 Å². The molecule has 2 aliphatic rings. The number of carbonyl (C=O) groups is 1. The monoisotopic (exact) mass is 301 g/mol. The normalized spacial score (nSPS) is 26.4. The van der Waals surface area contributed by atoms with E-state index in [4.69, 9.17) is 5.11 Å². The highest BCUT2D eigenvalue weighted by molar-refractivity contribution is 7.91. The van der Waals surface area contributed by atoms with Crippen LogP contribution in [0.1, 0.15) is 19.3 Å².